The molecule has 0 amide bonds. The van der Waals surface area contributed by atoms with Crippen molar-refractivity contribution in [2.24, 2.45) is 5.73 Å². The van der Waals surface area contributed by atoms with Crippen molar-refractivity contribution < 1.29 is 4.39 Å². The Hall–Kier alpha value is -1.38. The summed E-state index contributed by atoms with van der Waals surface area (Å²) in [5.41, 5.74) is 8.30. The first-order valence-corrected chi connectivity index (χ1v) is 6.79. The summed E-state index contributed by atoms with van der Waals surface area (Å²) in [5.74, 6) is -0.401. The van der Waals surface area contributed by atoms with Crippen LogP contribution in [0.25, 0.3) is 0 Å². The zero-order valence-electron chi connectivity index (χ0n) is 10.7. The molecule has 1 nitrogen and oxygen atoms in total. The molecule has 3 heteroatoms. The molecule has 0 aromatic heterocycles. The molecule has 0 heterocycles. The number of aryl methyl sites for hydroxylation is 1. The maximum Gasteiger partial charge on any atom is 0.141 e. The van der Waals surface area contributed by atoms with E-state index in [-0.39, 0.29) is 11.1 Å². The third-order valence-electron chi connectivity index (χ3n) is 3.20. The lowest BCUT2D eigenvalue weighted by Gasteiger charge is -2.12. The van der Waals surface area contributed by atoms with E-state index in [2.05, 4.69) is 12.1 Å². The lowest BCUT2D eigenvalue weighted by molar-refractivity contribution is 0.603. The van der Waals surface area contributed by atoms with Gasteiger partial charge in [0.25, 0.3) is 0 Å². The molecule has 0 radical (unpaired) electrons. The normalized spacial score (nSPS) is 12.4. The smallest absolute Gasteiger partial charge is 0.141 e. The first-order chi connectivity index (χ1) is 9.16. The average molecular weight is 278 g/mol. The number of hydrogen-bond donors (Lipinski definition) is 1. The molecule has 0 aliphatic heterocycles. The number of nitrogens with two attached hydrogens (primary N) is 1. The van der Waals surface area contributed by atoms with Crippen molar-refractivity contribution >= 4 is 11.6 Å². The maximum atomic E-state index is 13.1. The predicted molar refractivity (Wildman–Crippen MR) is 77.7 cm³/mol. The van der Waals surface area contributed by atoms with Crippen LogP contribution in [0.15, 0.2) is 48.5 Å². The van der Waals surface area contributed by atoms with E-state index in [9.17, 15) is 4.39 Å². The van der Waals surface area contributed by atoms with Gasteiger partial charge < -0.3 is 5.73 Å². The van der Waals surface area contributed by atoms with Crippen LogP contribution in [0, 0.1) is 5.82 Å². The molecule has 1 unspecified atom stereocenters. The summed E-state index contributed by atoms with van der Waals surface area (Å²) < 4.78 is 13.1. The van der Waals surface area contributed by atoms with Gasteiger partial charge in [0.2, 0.25) is 0 Å². The second kappa shape index (κ2) is 6.69. The van der Waals surface area contributed by atoms with Crippen LogP contribution < -0.4 is 5.73 Å². The van der Waals surface area contributed by atoms with Gasteiger partial charge >= 0.3 is 0 Å². The highest BCUT2D eigenvalue weighted by Crippen LogP contribution is 2.22. The zero-order chi connectivity index (χ0) is 13.7. The van der Waals surface area contributed by atoms with Crippen LogP contribution in [0.5, 0.6) is 0 Å². The fourth-order valence-electron chi connectivity index (χ4n) is 2.08. The van der Waals surface area contributed by atoms with Gasteiger partial charge in [-0.25, -0.2) is 4.39 Å². The second-order valence-corrected chi connectivity index (χ2v) is 5.07. The number of rotatable bonds is 5. The fraction of sp³-hybridized carbons (Fsp3) is 0.250. The van der Waals surface area contributed by atoms with Gasteiger partial charge in [-0.05, 0) is 42.5 Å². The van der Waals surface area contributed by atoms with E-state index < -0.39 is 5.82 Å². The Labute approximate surface area is 118 Å². The van der Waals surface area contributed by atoms with Crippen LogP contribution in [0.4, 0.5) is 4.39 Å². The van der Waals surface area contributed by atoms with Gasteiger partial charge in [0.1, 0.15) is 5.82 Å². The van der Waals surface area contributed by atoms with Gasteiger partial charge in [0.15, 0.2) is 0 Å². The molecular weight excluding hydrogens is 261 g/mol. The zero-order valence-corrected chi connectivity index (χ0v) is 11.4. The third kappa shape index (κ3) is 4.05. The standard InChI is InChI=1S/C16H17ClFN/c17-14-11-13(9-10-15(14)18)16(19)8-4-7-12-5-2-1-3-6-12/h1-3,5-6,9-11,16H,4,7-8,19H2. The van der Waals surface area contributed by atoms with Gasteiger partial charge in [0.05, 0.1) is 5.02 Å². The highest BCUT2D eigenvalue weighted by Gasteiger charge is 2.08. The molecule has 1 atom stereocenters. The largest absolute Gasteiger partial charge is 0.324 e. The van der Waals surface area contributed by atoms with Gasteiger partial charge in [-0.3, -0.25) is 0 Å². The lowest BCUT2D eigenvalue weighted by atomic mass is 10.00. The van der Waals surface area contributed by atoms with Crippen molar-refractivity contribution in [3.63, 3.8) is 0 Å². The van der Waals surface area contributed by atoms with Crippen LogP contribution in [0.1, 0.15) is 30.0 Å². The van der Waals surface area contributed by atoms with Crippen molar-refractivity contribution in [3.05, 3.63) is 70.5 Å². The Morgan fingerprint density at radius 3 is 2.53 bits per heavy atom. The average Bonchev–Trinajstić information content (AvgIpc) is 2.43. The second-order valence-electron chi connectivity index (χ2n) is 4.66. The first kappa shape index (κ1) is 14.0. The van der Waals surface area contributed by atoms with Crippen LogP contribution in [0.2, 0.25) is 5.02 Å². The molecule has 0 saturated heterocycles. The quantitative estimate of drug-likeness (QED) is 0.855. The molecule has 0 saturated carbocycles. The molecule has 2 aromatic carbocycles. The highest BCUT2D eigenvalue weighted by molar-refractivity contribution is 6.30. The molecule has 100 valence electrons. The number of hydrogen-bond acceptors (Lipinski definition) is 1. The van der Waals surface area contributed by atoms with Crippen molar-refractivity contribution in [3.8, 4) is 0 Å². The Kier molecular flexibility index (Phi) is 4.94. The van der Waals surface area contributed by atoms with Gasteiger partial charge in [-0.1, -0.05) is 48.0 Å². The Balaban J connectivity index is 1.87. The predicted octanol–water partition coefficient (Wildman–Crippen LogP) is 4.50. The molecular formula is C16H17ClFN. The lowest BCUT2D eigenvalue weighted by Crippen LogP contribution is -2.10. The molecule has 0 spiro atoms. The molecule has 0 bridgehead atoms. The maximum absolute atomic E-state index is 13.1. The molecule has 2 aromatic rings. The molecule has 0 fully saturated rings. The summed E-state index contributed by atoms with van der Waals surface area (Å²) in [4.78, 5) is 0. The van der Waals surface area contributed by atoms with Crippen molar-refractivity contribution in [2.45, 2.75) is 25.3 Å². The Morgan fingerprint density at radius 2 is 1.84 bits per heavy atom. The highest BCUT2D eigenvalue weighted by atomic mass is 35.5. The summed E-state index contributed by atoms with van der Waals surface area (Å²) in [5, 5.41) is 0.135. The van der Waals surface area contributed by atoms with Crippen molar-refractivity contribution in [2.75, 3.05) is 0 Å². The minimum Gasteiger partial charge on any atom is -0.324 e. The van der Waals surface area contributed by atoms with E-state index in [1.54, 1.807) is 12.1 Å². The monoisotopic (exact) mass is 277 g/mol. The summed E-state index contributed by atoms with van der Waals surface area (Å²) >= 11 is 5.76. The van der Waals surface area contributed by atoms with Gasteiger partial charge in [0, 0.05) is 6.04 Å². The summed E-state index contributed by atoms with van der Waals surface area (Å²) in [7, 11) is 0. The van der Waals surface area contributed by atoms with Crippen LogP contribution >= 0.6 is 11.6 Å². The van der Waals surface area contributed by atoms with Crippen LogP contribution in [-0.4, -0.2) is 0 Å². The molecule has 2 N–H and O–H groups in total. The first-order valence-electron chi connectivity index (χ1n) is 6.41. The van der Waals surface area contributed by atoms with E-state index in [1.165, 1.54) is 11.6 Å². The van der Waals surface area contributed by atoms with Crippen LogP contribution in [-0.2, 0) is 6.42 Å². The van der Waals surface area contributed by atoms with E-state index in [4.69, 9.17) is 17.3 Å². The number of halogens is 2. The third-order valence-corrected chi connectivity index (χ3v) is 3.48. The minimum atomic E-state index is -0.401. The van der Waals surface area contributed by atoms with Crippen LogP contribution in [0.3, 0.4) is 0 Å². The summed E-state index contributed by atoms with van der Waals surface area (Å²) in [6.45, 7) is 0. The van der Waals surface area contributed by atoms with Gasteiger partial charge in [-0.15, -0.1) is 0 Å². The van der Waals surface area contributed by atoms with E-state index in [0.717, 1.165) is 24.8 Å². The Morgan fingerprint density at radius 1 is 1.11 bits per heavy atom. The SMILES string of the molecule is NC(CCCc1ccccc1)c1ccc(F)c(Cl)c1. The molecule has 19 heavy (non-hydrogen) atoms. The molecule has 0 aliphatic rings. The molecule has 2 rings (SSSR count). The number of benzene rings is 2. The summed E-state index contributed by atoms with van der Waals surface area (Å²) in [6, 6.07) is 14.9. The Bertz CT molecular complexity index is 528. The minimum absolute atomic E-state index is 0.0955. The summed E-state index contributed by atoms with van der Waals surface area (Å²) in [6.07, 6.45) is 2.86. The van der Waals surface area contributed by atoms with Crippen molar-refractivity contribution in [1.82, 2.24) is 0 Å². The van der Waals surface area contributed by atoms with E-state index >= 15 is 0 Å². The van der Waals surface area contributed by atoms with E-state index in [0.29, 0.717) is 0 Å². The van der Waals surface area contributed by atoms with Crippen molar-refractivity contribution in [1.29, 1.82) is 0 Å². The molecule has 0 aliphatic carbocycles. The van der Waals surface area contributed by atoms with Gasteiger partial charge in [-0.2, -0.15) is 0 Å². The van der Waals surface area contributed by atoms with E-state index in [1.807, 2.05) is 18.2 Å². The fourth-order valence-corrected chi connectivity index (χ4v) is 2.27. The topological polar surface area (TPSA) is 26.0 Å².